The van der Waals surface area contributed by atoms with Gasteiger partial charge in [0.15, 0.2) is 23.2 Å². The number of carbonyl (C=O) groups is 2. The molecule has 0 saturated heterocycles. The van der Waals surface area contributed by atoms with Crippen molar-refractivity contribution in [3.8, 4) is 22.8 Å². The van der Waals surface area contributed by atoms with Crippen molar-refractivity contribution in [2.75, 3.05) is 25.6 Å². The fourth-order valence-corrected chi connectivity index (χ4v) is 3.54. The second-order valence-electron chi connectivity index (χ2n) is 6.68. The number of amides is 1. The molecular formula is C24H24N2O5S. The summed E-state index contributed by atoms with van der Waals surface area (Å²) in [6.45, 7) is 5.56. The molecule has 1 amide bonds. The molecule has 32 heavy (non-hydrogen) atoms. The van der Waals surface area contributed by atoms with Gasteiger partial charge in [-0.05, 0) is 30.2 Å². The van der Waals surface area contributed by atoms with Crippen molar-refractivity contribution in [3.05, 3.63) is 71.6 Å². The van der Waals surface area contributed by atoms with Gasteiger partial charge in [0.05, 0.1) is 18.4 Å². The maximum Gasteiger partial charge on any atom is 0.338 e. The minimum atomic E-state index is -0.649. The number of methoxy groups -OCH3 is 1. The predicted octanol–water partition coefficient (Wildman–Crippen LogP) is 4.74. The SMILES string of the molecule is C=CCOc1ccc(C(=O)OCC(=O)Nc2nc(-c3ccc(CC)cc3)cs2)cc1OC. The molecule has 7 nitrogen and oxygen atoms in total. The van der Waals surface area contributed by atoms with Crippen LogP contribution in [-0.2, 0) is 16.0 Å². The van der Waals surface area contributed by atoms with E-state index in [2.05, 4.69) is 35.9 Å². The molecule has 166 valence electrons. The zero-order valence-corrected chi connectivity index (χ0v) is 18.7. The number of aromatic nitrogens is 1. The van der Waals surface area contributed by atoms with Crippen LogP contribution in [0.2, 0.25) is 0 Å². The quantitative estimate of drug-likeness (QED) is 0.353. The van der Waals surface area contributed by atoms with Gasteiger partial charge in [-0.15, -0.1) is 11.3 Å². The molecule has 0 spiro atoms. The van der Waals surface area contributed by atoms with E-state index in [1.807, 2.05) is 17.5 Å². The van der Waals surface area contributed by atoms with E-state index in [0.29, 0.717) is 23.2 Å². The van der Waals surface area contributed by atoms with Gasteiger partial charge in [0.2, 0.25) is 0 Å². The second kappa shape index (κ2) is 11.1. The lowest BCUT2D eigenvalue weighted by Crippen LogP contribution is -2.20. The summed E-state index contributed by atoms with van der Waals surface area (Å²) in [6.07, 6.45) is 2.57. The van der Waals surface area contributed by atoms with Crippen molar-refractivity contribution >= 4 is 28.3 Å². The lowest BCUT2D eigenvalue weighted by Gasteiger charge is -2.11. The van der Waals surface area contributed by atoms with Crippen LogP contribution in [0, 0.1) is 0 Å². The highest BCUT2D eigenvalue weighted by Gasteiger charge is 2.15. The summed E-state index contributed by atoms with van der Waals surface area (Å²) in [6, 6.07) is 12.8. The number of hydrogen-bond donors (Lipinski definition) is 1. The molecule has 0 bridgehead atoms. The average Bonchev–Trinajstić information content (AvgIpc) is 3.29. The summed E-state index contributed by atoms with van der Waals surface area (Å²) >= 11 is 1.31. The lowest BCUT2D eigenvalue weighted by molar-refractivity contribution is -0.119. The smallest absolute Gasteiger partial charge is 0.338 e. The molecule has 3 aromatic rings. The van der Waals surface area contributed by atoms with Crippen molar-refractivity contribution in [2.45, 2.75) is 13.3 Å². The highest BCUT2D eigenvalue weighted by atomic mass is 32.1. The molecule has 8 heteroatoms. The molecule has 0 radical (unpaired) electrons. The Morgan fingerprint density at radius 1 is 1.16 bits per heavy atom. The monoisotopic (exact) mass is 452 g/mol. The number of aryl methyl sites for hydroxylation is 1. The number of anilines is 1. The Balaban J connectivity index is 1.55. The van der Waals surface area contributed by atoms with Crippen LogP contribution in [0.5, 0.6) is 11.5 Å². The Labute approximate surface area is 190 Å². The molecule has 1 heterocycles. The fraction of sp³-hybridized carbons (Fsp3) is 0.208. The Morgan fingerprint density at radius 3 is 2.62 bits per heavy atom. The summed E-state index contributed by atoms with van der Waals surface area (Å²) in [4.78, 5) is 28.9. The van der Waals surface area contributed by atoms with Crippen LogP contribution in [0.3, 0.4) is 0 Å². The minimum Gasteiger partial charge on any atom is -0.493 e. The third kappa shape index (κ3) is 5.95. The Kier molecular flexibility index (Phi) is 7.99. The first-order valence-electron chi connectivity index (χ1n) is 9.97. The fourth-order valence-electron chi connectivity index (χ4n) is 2.81. The first kappa shape index (κ1) is 23.0. The van der Waals surface area contributed by atoms with Crippen molar-refractivity contribution < 1.29 is 23.8 Å². The van der Waals surface area contributed by atoms with Gasteiger partial charge in [0.1, 0.15) is 6.61 Å². The normalized spacial score (nSPS) is 10.3. The zero-order chi connectivity index (χ0) is 22.9. The first-order chi connectivity index (χ1) is 15.5. The molecule has 0 aliphatic carbocycles. The molecule has 0 saturated carbocycles. The molecule has 0 aliphatic rings. The third-order valence-corrected chi connectivity index (χ3v) is 5.26. The number of thiazole rings is 1. The van der Waals surface area contributed by atoms with Crippen LogP contribution >= 0.6 is 11.3 Å². The first-order valence-corrected chi connectivity index (χ1v) is 10.9. The number of esters is 1. The van der Waals surface area contributed by atoms with Gasteiger partial charge in [-0.3, -0.25) is 10.1 Å². The van der Waals surface area contributed by atoms with E-state index >= 15 is 0 Å². The largest absolute Gasteiger partial charge is 0.493 e. The number of benzene rings is 2. The summed E-state index contributed by atoms with van der Waals surface area (Å²) in [5.41, 5.74) is 3.24. The summed E-state index contributed by atoms with van der Waals surface area (Å²) in [5.74, 6) is -0.262. The molecule has 3 rings (SSSR count). The van der Waals surface area contributed by atoms with Gasteiger partial charge in [0.25, 0.3) is 5.91 Å². The van der Waals surface area contributed by atoms with Crippen LogP contribution in [0.15, 0.2) is 60.5 Å². The van der Waals surface area contributed by atoms with Crippen LogP contribution in [0.4, 0.5) is 5.13 Å². The number of nitrogens with zero attached hydrogens (tertiary/aromatic N) is 1. The number of hydrogen-bond acceptors (Lipinski definition) is 7. The molecule has 0 aliphatic heterocycles. The minimum absolute atomic E-state index is 0.243. The molecule has 2 aromatic carbocycles. The maximum absolute atomic E-state index is 12.3. The predicted molar refractivity (Wildman–Crippen MR) is 125 cm³/mol. The summed E-state index contributed by atoms with van der Waals surface area (Å²) in [5, 5.41) is 4.96. The topological polar surface area (TPSA) is 86.8 Å². The van der Waals surface area contributed by atoms with E-state index < -0.39 is 18.5 Å². The zero-order valence-electron chi connectivity index (χ0n) is 17.9. The van der Waals surface area contributed by atoms with Crippen molar-refractivity contribution in [1.29, 1.82) is 0 Å². The van der Waals surface area contributed by atoms with Gasteiger partial charge in [-0.2, -0.15) is 0 Å². The van der Waals surface area contributed by atoms with E-state index in [4.69, 9.17) is 14.2 Å². The van der Waals surface area contributed by atoms with E-state index in [-0.39, 0.29) is 5.56 Å². The van der Waals surface area contributed by atoms with Crippen LogP contribution in [0.25, 0.3) is 11.3 Å². The standard InChI is InChI=1S/C24H24N2O5S/c1-4-12-30-20-11-10-18(13-21(20)29-3)23(28)31-14-22(27)26-24-25-19(15-32-24)17-8-6-16(5-2)7-9-17/h4,6-11,13,15H,1,5,12,14H2,2-3H3,(H,25,26,27). The molecule has 1 N–H and O–H groups in total. The van der Waals surface area contributed by atoms with E-state index in [1.165, 1.54) is 36.1 Å². The Hall–Kier alpha value is -3.65. The van der Waals surface area contributed by atoms with Gasteiger partial charge >= 0.3 is 5.97 Å². The third-order valence-electron chi connectivity index (χ3n) is 4.50. The highest BCUT2D eigenvalue weighted by molar-refractivity contribution is 7.14. The highest BCUT2D eigenvalue weighted by Crippen LogP contribution is 2.28. The number of carbonyl (C=O) groups excluding carboxylic acids is 2. The number of rotatable bonds is 10. The molecule has 0 unspecified atom stereocenters. The van der Waals surface area contributed by atoms with E-state index in [0.717, 1.165) is 17.7 Å². The average molecular weight is 453 g/mol. The van der Waals surface area contributed by atoms with Gasteiger partial charge in [-0.25, -0.2) is 9.78 Å². The Bertz CT molecular complexity index is 1090. The van der Waals surface area contributed by atoms with E-state index in [9.17, 15) is 9.59 Å². The van der Waals surface area contributed by atoms with Crippen molar-refractivity contribution in [1.82, 2.24) is 4.98 Å². The molecule has 0 atom stereocenters. The molecule has 0 fully saturated rings. The molecular weight excluding hydrogens is 428 g/mol. The van der Waals surface area contributed by atoms with Gasteiger partial charge < -0.3 is 14.2 Å². The summed E-state index contributed by atoms with van der Waals surface area (Å²) < 4.78 is 15.8. The number of ether oxygens (including phenoxy) is 3. The Morgan fingerprint density at radius 2 is 1.94 bits per heavy atom. The van der Waals surface area contributed by atoms with E-state index in [1.54, 1.807) is 12.1 Å². The van der Waals surface area contributed by atoms with Crippen LogP contribution in [0.1, 0.15) is 22.8 Å². The second-order valence-corrected chi connectivity index (χ2v) is 7.54. The van der Waals surface area contributed by atoms with Gasteiger partial charge in [-0.1, -0.05) is 43.8 Å². The molecule has 1 aromatic heterocycles. The van der Waals surface area contributed by atoms with Crippen molar-refractivity contribution in [2.24, 2.45) is 0 Å². The number of nitrogens with one attached hydrogen (secondary N) is 1. The van der Waals surface area contributed by atoms with Gasteiger partial charge in [0, 0.05) is 10.9 Å². The summed E-state index contributed by atoms with van der Waals surface area (Å²) in [7, 11) is 1.47. The maximum atomic E-state index is 12.3. The lowest BCUT2D eigenvalue weighted by atomic mass is 10.1. The van der Waals surface area contributed by atoms with Crippen molar-refractivity contribution in [3.63, 3.8) is 0 Å². The van der Waals surface area contributed by atoms with Crippen LogP contribution < -0.4 is 14.8 Å². The van der Waals surface area contributed by atoms with Crippen LogP contribution in [-0.4, -0.2) is 37.2 Å².